The molecule has 0 radical (unpaired) electrons. The van der Waals surface area contributed by atoms with Gasteiger partial charge in [-0.2, -0.15) is 0 Å². The van der Waals surface area contributed by atoms with Crippen LogP contribution in [0.1, 0.15) is 29.0 Å². The van der Waals surface area contributed by atoms with Crippen molar-refractivity contribution in [2.75, 3.05) is 18.0 Å². The standard InChI is InChI=1S/C19H19ClN4O2S/c1-12-16(17(23-26-12)14-6-2-3-7-15(14)20)18(25)22-11-13-5-4-9-24(13)19-21-8-10-27-19/h2-3,6-8,10,13H,4-5,9,11H2,1H3,(H,22,25). The smallest absolute Gasteiger partial charge is 0.257 e. The zero-order valence-electron chi connectivity index (χ0n) is 14.8. The van der Waals surface area contributed by atoms with Crippen molar-refractivity contribution in [3.8, 4) is 11.3 Å². The van der Waals surface area contributed by atoms with Gasteiger partial charge in [-0.15, -0.1) is 11.3 Å². The lowest BCUT2D eigenvalue weighted by molar-refractivity contribution is 0.0950. The summed E-state index contributed by atoms with van der Waals surface area (Å²) in [6, 6.07) is 7.54. The number of halogens is 1. The molecule has 1 amide bonds. The predicted octanol–water partition coefficient (Wildman–Crippen LogP) is 4.16. The number of nitrogens with zero attached hydrogens (tertiary/aromatic N) is 3. The van der Waals surface area contributed by atoms with Gasteiger partial charge in [-0.25, -0.2) is 4.98 Å². The van der Waals surface area contributed by atoms with Gasteiger partial charge in [0.25, 0.3) is 5.91 Å². The average molecular weight is 403 g/mol. The van der Waals surface area contributed by atoms with E-state index in [1.165, 1.54) is 0 Å². The molecule has 1 fully saturated rings. The van der Waals surface area contributed by atoms with Crippen LogP contribution >= 0.6 is 22.9 Å². The molecule has 140 valence electrons. The maximum atomic E-state index is 12.9. The van der Waals surface area contributed by atoms with Gasteiger partial charge < -0.3 is 14.7 Å². The highest BCUT2D eigenvalue weighted by Gasteiger charge is 2.28. The van der Waals surface area contributed by atoms with E-state index >= 15 is 0 Å². The molecule has 6 nitrogen and oxygen atoms in total. The van der Waals surface area contributed by atoms with Gasteiger partial charge in [0.05, 0.1) is 5.02 Å². The van der Waals surface area contributed by atoms with E-state index in [1.807, 2.05) is 29.8 Å². The van der Waals surface area contributed by atoms with Gasteiger partial charge in [-0.1, -0.05) is 35.0 Å². The minimum Gasteiger partial charge on any atom is -0.360 e. The summed E-state index contributed by atoms with van der Waals surface area (Å²) in [7, 11) is 0. The summed E-state index contributed by atoms with van der Waals surface area (Å²) in [6.45, 7) is 3.25. The second kappa shape index (κ2) is 7.70. The van der Waals surface area contributed by atoms with E-state index in [1.54, 1.807) is 24.3 Å². The van der Waals surface area contributed by atoms with Crippen molar-refractivity contribution in [2.24, 2.45) is 0 Å². The highest BCUT2D eigenvalue weighted by atomic mass is 35.5. The van der Waals surface area contributed by atoms with E-state index in [4.69, 9.17) is 16.1 Å². The average Bonchev–Trinajstić information content (AvgIpc) is 3.40. The summed E-state index contributed by atoms with van der Waals surface area (Å²) in [6.07, 6.45) is 3.93. The van der Waals surface area contributed by atoms with Crippen molar-refractivity contribution in [2.45, 2.75) is 25.8 Å². The molecular formula is C19H19ClN4O2S. The third-order valence-corrected chi connectivity index (χ3v) is 5.90. The topological polar surface area (TPSA) is 71.3 Å². The first-order chi connectivity index (χ1) is 13.1. The number of rotatable bonds is 5. The molecular weight excluding hydrogens is 384 g/mol. The van der Waals surface area contributed by atoms with E-state index in [0.29, 0.717) is 34.1 Å². The summed E-state index contributed by atoms with van der Waals surface area (Å²) in [5.74, 6) is 0.278. The zero-order chi connectivity index (χ0) is 18.8. The second-order valence-corrected chi connectivity index (χ2v) is 7.74. The van der Waals surface area contributed by atoms with Crippen LogP contribution in [0.25, 0.3) is 11.3 Å². The van der Waals surface area contributed by atoms with Gasteiger partial charge in [0, 0.05) is 36.3 Å². The van der Waals surface area contributed by atoms with E-state index in [2.05, 4.69) is 20.4 Å². The van der Waals surface area contributed by atoms with Gasteiger partial charge in [0.1, 0.15) is 17.0 Å². The Bertz CT molecular complexity index is 941. The van der Waals surface area contributed by atoms with E-state index in [0.717, 1.165) is 24.5 Å². The number of carbonyl (C=O) groups is 1. The molecule has 1 N–H and O–H groups in total. The lowest BCUT2D eigenvalue weighted by Gasteiger charge is -2.24. The Balaban J connectivity index is 1.51. The molecule has 0 spiro atoms. The summed E-state index contributed by atoms with van der Waals surface area (Å²) in [5, 5.41) is 10.6. The number of aromatic nitrogens is 2. The van der Waals surface area contributed by atoms with E-state index in [9.17, 15) is 4.79 Å². The molecule has 3 aromatic rings. The fraction of sp³-hybridized carbons (Fsp3) is 0.316. The number of benzene rings is 1. The minimum absolute atomic E-state index is 0.199. The summed E-state index contributed by atoms with van der Waals surface area (Å²) >= 11 is 7.90. The third-order valence-electron chi connectivity index (χ3n) is 4.76. The normalized spacial score (nSPS) is 16.7. The Kier molecular flexibility index (Phi) is 5.13. The first-order valence-electron chi connectivity index (χ1n) is 8.80. The van der Waals surface area contributed by atoms with Crippen LogP contribution in [0.3, 0.4) is 0 Å². The van der Waals surface area contributed by atoms with Crippen LogP contribution in [0, 0.1) is 6.92 Å². The first kappa shape index (κ1) is 18.0. The van der Waals surface area contributed by atoms with Crippen molar-refractivity contribution < 1.29 is 9.32 Å². The Morgan fingerprint density at radius 3 is 3.07 bits per heavy atom. The molecule has 2 aromatic heterocycles. The maximum absolute atomic E-state index is 12.9. The van der Waals surface area contributed by atoms with Crippen molar-refractivity contribution in [1.29, 1.82) is 0 Å². The van der Waals surface area contributed by atoms with Gasteiger partial charge in [-0.05, 0) is 25.8 Å². The second-order valence-electron chi connectivity index (χ2n) is 6.46. The molecule has 1 aromatic carbocycles. The van der Waals surface area contributed by atoms with Crippen molar-refractivity contribution in [1.82, 2.24) is 15.5 Å². The van der Waals surface area contributed by atoms with E-state index in [-0.39, 0.29) is 11.9 Å². The van der Waals surface area contributed by atoms with Crippen LogP contribution in [0.4, 0.5) is 5.13 Å². The number of hydrogen-bond acceptors (Lipinski definition) is 6. The largest absolute Gasteiger partial charge is 0.360 e. The molecule has 1 unspecified atom stereocenters. The molecule has 3 heterocycles. The van der Waals surface area contributed by atoms with Gasteiger partial charge >= 0.3 is 0 Å². The number of amides is 1. The first-order valence-corrected chi connectivity index (χ1v) is 10.1. The van der Waals surface area contributed by atoms with Crippen molar-refractivity contribution in [3.05, 3.63) is 52.2 Å². The molecule has 8 heteroatoms. The van der Waals surface area contributed by atoms with Gasteiger partial charge in [-0.3, -0.25) is 4.79 Å². The number of hydrogen-bond donors (Lipinski definition) is 1. The lowest BCUT2D eigenvalue weighted by Crippen LogP contribution is -2.40. The predicted molar refractivity (Wildman–Crippen MR) is 107 cm³/mol. The summed E-state index contributed by atoms with van der Waals surface area (Å²) in [4.78, 5) is 19.6. The van der Waals surface area contributed by atoms with Crippen molar-refractivity contribution in [3.63, 3.8) is 0 Å². The molecule has 0 aliphatic carbocycles. The third kappa shape index (κ3) is 3.57. The number of nitrogens with one attached hydrogen (secondary N) is 1. The van der Waals surface area contributed by atoms with Crippen LogP contribution in [0.15, 0.2) is 40.4 Å². The summed E-state index contributed by atoms with van der Waals surface area (Å²) < 4.78 is 5.29. The molecule has 1 atom stereocenters. The number of thiazole rings is 1. The highest BCUT2D eigenvalue weighted by Crippen LogP contribution is 2.31. The SMILES string of the molecule is Cc1onc(-c2ccccc2Cl)c1C(=O)NCC1CCCN1c1nccs1. The highest BCUT2D eigenvalue weighted by molar-refractivity contribution is 7.13. The maximum Gasteiger partial charge on any atom is 0.257 e. The number of aryl methyl sites for hydroxylation is 1. The Morgan fingerprint density at radius 2 is 2.30 bits per heavy atom. The summed E-state index contributed by atoms with van der Waals surface area (Å²) in [5.41, 5.74) is 1.59. The number of carbonyl (C=O) groups excluding carboxylic acids is 1. The van der Waals surface area contributed by atoms with Crippen LogP contribution in [-0.2, 0) is 0 Å². The molecule has 1 aliphatic rings. The zero-order valence-corrected chi connectivity index (χ0v) is 16.4. The van der Waals surface area contributed by atoms with Gasteiger partial charge in [0.2, 0.25) is 0 Å². The fourth-order valence-corrected chi connectivity index (χ4v) is 4.40. The molecule has 4 rings (SSSR count). The van der Waals surface area contributed by atoms with Gasteiger partial charge in [0.15, 0.2) is 5.13 Å². The molecule has 1 aliphatic heterocycles. The fourth-order valence-electron chi connectivity index (χ4n) is 3.43. The molecule has 0 saturated carbocycles. The number of anilines is 1. The van der Waals surface area contributed by atoms with Crippen LogP contribution < -0.4 is 10.2 Å². The Morgan fingerprint density at radius 1 is 1.44 bits per heavy atom. The monoisotopic (exact) mass is 402 g/mol. The lowest BCUT2D eigenvalue weighted by atomic mass is 10.1. The molecule has 27 heavy (non-hydrogen) atoms. The quantitative estimate of drug-likeness (QED) is 0.693. The molecule has 1 saturated heterocycles. The Labute approximate surface area is 166 Å². The minimum atomic E-state index is -0.199. The Hall–Kier alpha value is -2.38. The van der Waals surface area contributed by atoms with Crippen molar-refractivity contribution >= 4 is 34.0 Å². The van der Waals surface area contributed by atoms with Crippen LogP contribution in [0.5, 0.6) is 0 Å². The van der Waals surface area contributed by atoms with Crippen LogP contribution in [-0.4, -0.2) is 35.2 Å². The van der Waals surface area contributed by atoms with E-state index < -0.39 is 0 Å². The molecule has 0 bridgehead atoms. The van der Waals surface area contributed by atoms with Crippen LogP contribution in [0.2, 0.25) is 5.02 Å².